The van der Waals surface area contributed by atoms with Crippen LogP contribution in [0.4, 0.5) is 0 Å². The lowest BCUT2D eigenvalue weighted by atomic mass is 10.3. The number of para-hydroxylation sites is 1. The monoisotopic (exact) mass is 262 g/mol. The maximum absolute atomic E-state index is 10.6. The van der Waals surface area contributed by atoms with Gasteiger partial charge in [0.2, 0.25) is 0 Å². The molecule has 0 aliphatic rings. The van der Waals surface area contributed by atoms with Crippen LogP contribution in [0, 0.1) is 0 Å². The zero-order valence-corrected chi connectivity index (χ0v) is 10.3. The van der Waals surface area contributed by atoms with E-state index in [-0.39, 0.29) is 6.61 Å². The van der Waals surface area contributed by atoms with Crippen LogP contribution in [0.25, 0.3) is 0 Å². The Bertz CT molecular complexity index is 389. The van der Waals surface area contributed by atoms with Crippen molar-refractivity contribution in [3.8, 4) is 5.75 Å². The van der Waals surface area contributed by atoms with E-state index in [1.54, 1.807) is 0 Å². The fraction of sp³-hybridized carbons (Fsp3) is 0.400. The molecule has 1 aromatic rings. The van der Waals surface area contributed by atoms with Crippen molar-refractivity contribution in [3.63, 3.8) is 0 Å². The second-order valence-electron chi connectivity index (χ2n) is 3.12. The van der Waals surface area contributed by atoms with Crippen molar-refractivity contribution in [3.05, 3.63) is 30.3 Å². The van der Waals surface area contributed by atoms with Gasteiger partial charge in [0.25, 0.3) is 9.05 Å². The molecule has 1 N–H and O–H groups in total. The van der Waals surface area contributed by atoms with Crippen molar-refractivity contribution in [2.45, 2.75) is 12.8 Å². The summed E-state index contributed by atoms with van der Waals surface area (Å²) >= 11 is 4.17. The number of ether oxygens (including phenoxy) is 1. The summed E-state index contributed by atoms with van der Waals surface area (Å²) < 4.78 is 29.1. The number of hydrogen-bond donors (Lipinski definition) is 1. The van der Waals surface area contributed by atoms with Crippen LogP contribution in [0.2, 0.25) is 0 Å². The third-order valence-corrected chi connectivity index (χ3v) is 2.54. The van der Waals surface area contributed by atoms with Crippen LogP contribution in [0.1, 0.15) is 12.8 Å². The van der Waals surface area contributed by atoms with E-state index in [9.17, 15) is 4.21 Å². The minimum Gasteiger partial charge on any atom is -0.494 e. The molecule has 0 bridgehead atoms. The largest absolute Gasteiger partial charge is 0.494 e. The summed E-state index contributed by atoms with van der Waals surface area (Å²) in [4.78, 5) is 0. The minimum absolute atomic E-state index is 0.178. The molecule has 0 saturated carbocycles. The molecule has 0 spiro atoms. The Labute approximate surface area is 100 Å². The molecule has 1 atom stereocenters. The molecule has 4 nitrogen and oxygen atoms in total. The van der Waals surface area contributed by atoms with Gasteiger partial charge in [-0.25, -0.2) is 0 Å². The van der Waals surface area contributed by atoms with Crippen molar-refractivity contribution in [2.24, 2.45) is 0 Å². The molecule has 0 radical (unpaired) electrons. The molecule has 0 saturated heterocycles. The topological polar surface area (TPSA) is 55.8 Å². The second kappa shape index (κ2) is 6.80. The van der Waals surface area contributed by atoms with Gasteiger partial charge in [0.05, 0.1) is 13.2 Å². The van der Waals surface area contributed by atoms with E-state index < -0.39 is 9.05 Å². The molecule has 16 heavy (non-hydrogen) atoms. The van der Waals surface area contributed by atoms with Gasteiger partial charge in [-0.1, -0.05) is 18.2 Å². The van der Waals surface area contributed by atoms with Crippen molar-refractivity contribution < 1.29 is 17.7 Å². The van der Waals surface area contributed by atoms with Crippen molar-refractivity contribution in [1.29, 1.82) is 0 Å². The summed E-state index contributed by atoms with van der Waals surface area (Å²) in [7, 11) is -3.47. The highest BCUT2D eigenvalue weighted by Crippen LogP contribution is 2.08. The molecule has 0 fully saturated rings. The molecular formula is C10H14O4S2. The van der Waals surface area contributed by atoms with E-state index in [4.69, 9.17) is 9.29 Å². The lowest BCUT2D eigenvalue weighted by Crippen LogP contribution is -2.05. The molecule has 0 aliphatic carbocycles. The number of unbranched alkanes of at least 4 members (excludes halogenated alkanes) is 1. The van der Waals surface area contributed by atoms with E-state index in [2.05, 4.69) is 15.4 Å². The predicted molar refractivity (Wildman–Crippen MR) is 65.3 cm³/mol. The first-order valence-electron chi connectivity index (χ1n) is 4.87. The van der Waals surface area contributed by atoms with E-state index in [0.29, 0.717) is 13.0 Å². The van der Waals surface area contributed by atoms with Gasteiger partial charge in [0.1, 0.15) is 5.75 Å². The first kappa shape index (κ1) is 13.4. The van der Waals surface area contributed by atoms with Crippen LogP contribution in [0.3, 0.4) is 0 Å². The molecule has 0 aromatic heterocycles. The highest BCUT2D eigenvalue weighted by atomic mass is 32.9. The Morgan fingerprint density at radius 2 is 1.81 bits per heavy atom. The summed E-state index contributed by atoms with van der Waals surface area (Å²) in [5, 5.41) is 0. The van der Waals surface area contributed by atoms with Gasteiger partial charge in [-0.05, 0) is 25.0 Å². The minimum atomic E-state index is -3.47. The van der Waals surface area contributed by atoms with E-state index >= 15 is 0 Å². The van der Waals surface area contributed by atoms with E-state index in [0.717, 1.165) is 12.2 Å². The van der Waals surface area contributed by atoms with Crippen LogP contribution in [-0.4, -0.2) is 22.0 Å². The highest BCUT2D eigenvalue weighted by molar-refractivity contribution is 8.27. The third kappa shape index (κ3) is 6.73. The quantitative estimate of drug-likeness (QED) is 0.762. The molecule has 90 valence electrons. The summed E-state index contributed by atoms with van der Waals surface area (Å²) in [6, 6.07) is 9.47. The summed E-state index contributed by atoms with van der Waals surface area (Å²) in [6.45, 7) is 0.731. The van der Waals surface area contributed by atoms with Gasteiger partial charge in [-0.2, -0.15) is 4.21 Å². The number of rotatable bonds is 7. The Balaban J connectivity index is 2.05. The average molecular weight is 262 g/mol. The Hall–Kier alpha value is -0.690. The van der Waals surface area contributed by atoms with E-state index in [1.165, 1.54) is 0 Å². The van der Waals surface area contributed by atoms with E-state index in [1.807, 2.05) is 30.3 Å². The lowest BCUT2D eigenvalue weighted by Gasteiger charge is -2.05. The second-order valence-corrected chi connectivity index (χ2v) is 5.47. The fourth-order valence-electron chi connectivity index (χ4n) is 1.08. The zero-order valence-electron chi connectivity index (χ0n) is 8.70. The molecular weight excluding hydrogens is 248 g/mol. The number of benzene rings is 1. The van der Waals surface area contributed by atoms with Gasteiger partial charge >= 0.3 is 0 Å². The molecule has 1 rings (SSSR count). The normalized spacial score (nSPS) is 14.3. The molecule has 6 heteroatoms. The maximum atomic E-state index is 10.6. The van der Waals surface area contributed by atoms with Crippen molar-refractivity contribution >= 4 is 20.2 Å². The average Bonchev–Trinajstić information content (AvgIpc) is 2.23. The third-order valence-electron chi connectivity index (χ3n) is 1.78. The summed E-state index contributed by atoms with van der Waals surface area (Å²) in [5.41, 5.74) is 0. The molecule has 0 heterocycles. The molecule has 1 aromatic carbocycles. The summed E-state index contributed by atoms with van der Waals surface area (Å²) in [6.07, 6.45) is 1.39. The van der Waals surface area contributed by atoms with Crippen LogP contribution >= 0.6 is 0 Å². The van der Waals surface area contributed by atoms with Crippen molar-refractivity contribution in [1.82, 2.24) is 0 Å². The van der Waals surface area contributed by atoms with Gasteiger partial charge in [0.15, 0.2) is 0 Å². The molecule has 0 aliphatic heterocycles. The predicted octanol–water partition coefficient (Wildman–Crippen LogP) is 2.00. The Morgan fingerprint density at radius 1 is 1.19 bits per heavy atom. The lowest BCUT2D eigenvalue weighted by molar-refractivity contribution is 0.263. The highest BCUT2D eigenvalue weighted by Gasteiger charge is 1.99. The molecule has 1 unspecified atom stereocenters. The standard InChI is InChI=1S/C10H14O4S2/c11-16(12,15)14-9-5-4-8-13-10-6-2-1-3-7-10/h1-3,6-7H,4-5,8-9H2,(H,11,12,15). The Morgan fingerprint density at radius 3 is 2.44 bits per heavy atom. The van der Waals surface area contributed by atoms with Gasteiger partial charge in [0, 0.05) is 11.2 Å². The van der Waals surface area contributed by atoms with Crippen LogP contribution in [-0.2, 0) is 24.4 Å². The summed E-state index contributed by atoms with van der Waals surface area (Å²) in [5.74, 6) is 0.817. The zero-order chi connectivity index (χ0) is 11.9. The Kier molecular flexibility index (Phi) is 5.68. The molecule has 0 amide bonds. The first-order chi connectivity index (χ1) is 7.58. The number of hydrogen-bond acceptors (Lipinski definition) is 4. The smallest absolute Gasteiger partial charge is 0.266 e. The van der Waals surface area contributed by atoms with Crippen LogP contribution in [0.15, 0.2) is 30.3 Å². The fourth-order valence-corrected chi connectivity index (χ4v) is 1.61. The van der Waals surface area contributed by atoms with Gasteiger partial charge in [-0.3, -0.25) is 8.74 Å². The maximum Gasteiger partial charge on any atom is 0.266 e. The van der Waals surface area contributed by atoms with Crippen molar-refractivity contribution in [2.75, 3.05) is 13.2 Å². The van der Waals surface area contributed by atoms with Crippen LogP contribution < -0.4 is 4.74 Å². The van der Waals surface area contributed by atoms with Gasteiger partial charge < -0.3 is 4.74 Å². The first-order valence-corrected chi connectivity index (χ1v) is 7.24. The SMILES string of the molecule is O=S(O)(=S)OCCCCOc1ccccc1. The van der Waals surface area contributed by atoms with Crippen LogP contribution in [0.5, 0.6) is 5.75 Å². The van der Waals surface area contributed by atoms with Gasteiger partial charge in [-0.15, -0.1) is 0 Å².